The van der Waals surface area contributed by atoms with Crippen molar-refractivity contribution in [3.8, 4) is 5.75 Å². The van der Waals surface area contributed by atoms with E-state index in [9.17, 15) is 4.79 Å². The lowest BCUT2D eigenvalue weighted by Crippen LogP contribution is -2.02. The first-order valence-electron chi connectivity index (χ1n) is 3.38. The second-order valence-corrected chi connectivity index (χ2v) is 3.06. The van der Waals surface area contributed by atoms with Gasteiger partial charge in [-0.3, -0.25) is 0 Å². The van der Waals surface area contributed by atoms with Crippen LogP contribution in [0.1, 0.15) is 0 Å². The van der Waals surface area contributed by atoms with Gasteiger partial charge in [-0.15, -0.1) is 5.10 Å². The van der Waals surface area contributed by atoms with E-state index in [2.05, 4.69) is 14.3 Å². The number of nitrogens with zero attached hydrogens (tertiary/aromatic N) is 2. The molecule has 0 bridgehead atoms. The van der Waals surface area contributed by atoms with Gasteiger partial charge in [-0.05, 0) is 23.7 Å². The van der Waals surface area contributed by atoms with Crippen LogP contribution in [-0.4, -0.2) is 20.8 Å². The Balaban J connectivity index is 2.42. The smallest absolute Gasteiger partial charge is 0.449 e. The Morgan fingerprint density at radius 2 is 2.38 bits per heavy atom. The van der Waals surface area contributed by atoms with Crippen molar-refractivity contribution in [2.45, 2.75) is 0 Å². The molecule has 2 rings (SSSR count). The summed E-state index contributed by atoms with van der Waals surface area (Å²) in [7, 11) is 0. The number of benzene rings is 1. The molecule has 13 heavy (non-hydrogen) atoms. The summed E-state index contributed by atoms with van der Waals surface area (Å²) < 4.78 is 9.06. The van der Waals surface area contributed by atoms with Crippen LogP contribution in [0.5, 0.6) is 5.75 Å². The molecule has 1 aromatic carbocycles. The molecule has 5 nitrogen and oxygen atoms in total. The van der Waals surface area contributed by atoms with Gasteiger partial charge in [0.1, 0.15) is 11.3 Å². The molecule has 0 spiro atoms. The largest absolute Gasteiger partial charge is 0.511 e. The minimum absolute atomic E-state index is 0.257. The quantitative estimate of drug-likeness (QED) is 0.555. The summed E-state index contributed by atoms with van der Waals surface area (Å²) in [6.07, 6.45) is -1.33. The normalized spacial score (nSPS) is 10.2. The lowest BCUT2D eigenvalue weighted by Gasteiger charge is -1.96. The molecule has 2 aromatic rings. The van der Waals surface area contributed by atoms with Crippen molar-refractivity contribution in [2.75, 3.05) is 0 Å². The lowest BCUT2D eigenvalue weighted by molar-refractivity contribution is 0.144. The molecule has 0 saturated carbocycles. The molecule has 0 atom stereocenters. The molecule has 0 fully saturated rings. The number of carbonyl (C=O) groups is 1. The maximum absolute atomic E-state index is 10.2. The van der Waals surface area contributed by atoms with Gasteiger partial charge in [-0.2, -0.15) is 0 Å². The number of aromatic nitrogens is 2. The standard InChI is InChI=1S/C7H4N2O3S/c10-7(11)12-4-1-2-6-5(3-4)8-9-13-6/h1-3H,(H,10,11). The fourth-order valence-electron chi connectivity index (χ4n) is 0.925. The van der Waals surface area contributed by atoms with Gasteiger partial charge >= 0.3 is 6.16 Å². The molecule has 66 valence electrons. The molecular weight excluding hydrogens is 192 g/mol. The summed E-state index contributed by atoms with van der Waals surface area (Å²) in [6.45, 7) is 0. The highest BCUT2D eigenvalue weighted by Gasteiger charge is 2.03. The van der Waals surface area contributed by atoms with Crippen molar-refractivity contribution in [1.29, 1.82) is 0 Å². The lowest BCUT2D eigenvalue weighted by atomic mass is 10.3. The summed E-state index contributed by atoms with van der Waals surface area (Å²) in [5, 5.41) is 12.1. The molecular formula is C7H4N2O3S. The Hall–Kier alpha value is -1.69. The van der Waals surface area contributed by atoms with Gasteiger partial charge in [0.2, 0.25) is 0 Å². The van der Waals surface area contributed by atoms with Gasteiger partial charge in [-0.1, -0.05) is 4.49 Å². The van der Waals surface area contributed by atoms with Crippen molar-refractivity contribution >= 4 is 27.9 Å². The van der Waals surface area contributed by atoms with E-state index in [0.29, 0.717) is 5.52 Å². The van der Waals surface area contributed by atoms with Crippen LogP contribution in [0, 0.1) is 0 Å². The fraction of sp³-hybridized carbons (Fsp3) is 0. The minimum Gasteiger partial charge on any atom is -0.449 e. The molecule has 0 radical (unpaired) electrons. The van der Waals surface area contributed by atoms with E-state index in [1.54, 1.807) is 12.1 Å². The number of hydrogen-bond acceptors (Lipinski definition) is 5. The monoisotopic (exact) mass is 196 g/mol. The zero-order valence-corrected chi connectivity index (χ0v) is 7.11. The summed E-state index contributed by atoms with van der Waals surface area (Å²) in [5.74, 6) is 0.257. The first kappa shape index (κ1) is 7.93. The predicted octanol–water partition coefficient (Wildman–Crippen LogP) is 1.75. The Morgan fingerprint density at radius 1 is 1.54 bits per heavy atom. The minimum atomic E-state index is -1.33. The highest BCUT2D eigenvalue weighted by molar-refractivity contribution is 7.12. The van der Waals surface area contributed by atoms with Gasteiger partial charge < -0.3 is 9.84 Å². The SMILES string of the molecule is O=C(O)Oc1ccc2snnc2c1. The highest BCUT2D eigenvalue weighted by Crippen LogP contribution is 2.21. The Labute approximate surface area is 76.7 Å². The average Bonchev–Trinajstić information content (AvgIpc) is 2.49. The number of hydrogen-bond donors (Lipinski definition) is 1. The third-order valence-electron chi connectivity index (χ3n) is 1.42. The van der Waals surface area contributed by atoms with Crippen LogP contribution in [0.4, 0.5) is 4.79 Å². The molecule has 6 heteroatoms. The zero-order valence-electron chi connectivity index (χ0n) is 6.30. The summed E-state index contributed by atoms with van der Waals surface area (Å²) in [6, 6.07) is 4.82. The van der Waals surface area contributed by atoms with Crippen molar-refractivity contribution in [1.82, 2.24) is 9.59 Å². The molecule has 0 aliphatic carbocycles. The average molecular weight is 196 g/mol. The first-order valence-corrected chi connectivity index (χ1v) is 4.16. The van der Waals surface area contributed by atoms with Gasteiger partial charge in [0.15, 0.2) is 0 Å². The van der Waals surface area contributed by atoms with E-state index in [1.165, 1.54) is 17.6 Å². The zero-order chi connectivity index (χ0) is 9.26. The third-order valence-corrected chi connectivity index (χ3v) is 2.13. The van der Waals surface area contributed by atoms with Crippen LogP contribution in [0.25, 0.3) is 10.2 Å². The van der Waals surface area contributed by atoms with Crippen LogP contribution < -0.4 is 4.74 Å². The van der Waals surface area contributed by atoms with Crippen LogP contribution in [0.2, 0.25) is 0 Å². The topological polar surface area (TPSA) is 72.3 Å². The maximum Gasteiger partial charge on any atom is 0.511 e. The molecule has 0 aliphatic rings. The van der Waals surface area contributed by atoms with E-state index in [1.807, 2.05) is 0 Å². The predicted molar refractivity (Wildman–Crippen MR) is 46.1 cm³/mol. The number of ether oxygens (including phenoxy) is 1. The molecule has 0 aliphatic heterocycles. The molecule has 0 unspecified atom stereocenters. The number of carboxylic acid groups (broad SMARTS) is 1. The van der Waals surface area contributed by atoms with Gasteiger partial charge in [0.05, 0.1) is 4.70 Å². The summed E-state index contributed by atoms with van der Waals surface area (Å²) >= 11 is 1.25. The van der Waals surface area contributed by atoms with E-state index in [0.717, 1.165) is 4.70 Å². The second-order valence-electron chi connectivity index (χ2n) is 2.27. The number of rotatable bonds is 1. The Bertz CT molecular complexity index is 454. The van der Waals surface area contributed by atoms with Crippen molar-refractivity contribution < 1.29 is 14.6 Å². The van der Waals surface area contributed by atoms with E-state index < -0.39 is 6.16 Å². The molecule has 1 heterocycles. The van der Waals surface area contributed by atoms with Crippen LogP contribution >= 0.6 is 11.5 Å². The number of fused-ring (bicyclic) bond motifs is 1. The van der Waals surface area contributed by atoms with Crippen molar-refractivity contribution in [2.24, 2.45) is 0 Å². The second kappa shape index (κ2) is 2.98. The molecule has 1 aromatic heterocycles. The third kappa shape index (κ3) is 1.57. The highest BCUT2D eigenvalue weighted by atomic mass is 32.1. The maximum atomic E-state index is 10.2. The Morgan fingerprint density at radius 3 is 3.15 bits per heavy atom. The Kier molecular flexibility index (Phi) is 1.82. The van der Waals surface area contributed by atoms with E-state index >= 15 is 0 Å². The van der Waals surface area contributed by atoms with Gasteiger partial charge in [0, 0.05) is 6.07 Å². The molecule has 1 N–H and O–H groups in total. The summed E-state index contributed by atoms with van der Waals surface area (Å²) in [4.78, 5) is 10.2. The van der Waals surface area contributed by atoms with E-state index in [-0.39, 0.29) is 5.75 Å². The fourth-order valence-corrected chi connectivity index (χ4v) is 1.46. The van der Waals surface area contributed by atoms with E-state index in [4.69, 9.17) is 5.11 Å². The van der Waals surface area contributed by atoms with Crippen LogP contribution in [-0.2, 0) is 0 Å². The molecule has 0 amide bonds. The van der Waals surface area contributed by atoms with Crippen molar-refractivity contribution in [3.05, 3.63) is 18.2 Å². The first-order chi connectivity index (χ1) is 6.25. The summed E-state index contributed by atoms with van der Waals surface area (Å²) in [5.41, 5.74) is 0.642. The van der Waals surface area contributed by atoms with Crippen LogP contribution in [0.15, 0.2) is 18.2 Å². The van der Waals surface area contributed by atoms with Crippen LogP contribution in [0.3, 0.4) is 0 Å². The van der Waals surface area contributed by atoms with Gasteiger partial charge in [-0.25, -0.2) is 4.79 Å². The van der Waals surface area contributed by atoms with Gasteiger partial charge in [0.25, 0.3) is 0 Å². The van der Waals surface area contributed by atoms with Crippen molar-refractivity contribution in [3.63, 3.8) is 0 Å². The molecule has 0 saturated heterocycles.